The lowest BCUT2D eigenvalue weighted by molar-refractivity contribution is 0.00750. The molecule has 0 radical (unpaired) electrons. The second kappa shape index (κ2) is 5.32. The zero-order valence-corrected chi connectivity index (χ0v) is 8.09. The van der Waals surface area contributed by atoms with Crippen LogP contribution in [0.4, 0.5) is 17.6 Å². The van der Waals surface area contributed by atoms with E-state index < -0.39 is 19.6 Å². The third kappa shape index (κ3) is 3.67. The molecule has 0 bridgehead atoms. The minimum absolute atomic E-state index is 0.0117. The predicted octanol–water partition coefficient (Wildman–Crippen LogP) is 2.71. The van der Waals surface area contributed by atoms with Crippen molar-refractivity contribution >= 4 is 11.6 Å². The summed E-state index contributed by atoms with van der Waals surface area (Å²) in [6.45, 7) is -3.91. The zero-order valence-electron chi connectivity index (χ0n) is 7.34. The number of ether oxygens (including phenoxy) is 1. The van der Waals surface area contributed by atoms with Crippen LogP contribution in [0.15, 0.2) is 6.20 Å². The van der Waals surface area contributed by atoms with Crippen molar-refractivity contribution in [3.63, 3.8) is 0 Å². The van der Waals surface area contributed by atoms with Crippen molar-refractivity contribution in [2.75, 3.05) is 6.61 Å². The normalized spacial score (nSPS) is 11.7. The molecule has 0 aromatic carbocycles. The molecular weight excluding hydrogens is 240 g/mol. The predicted molar refractivity (Wildman–Crippen MR) is 44.2 cm³/mol. The standard InChI is InChI=1S/C7H7ClF4N2O/c8-4-1-14(7(11)12)13-5(4)2-15-3-6(9)10/h1,6-7H,2-3H2. The van der Waals surface area contributed by atoms with Gasteiger partial charge in [-0.25, -0.2) is 13.5 Å². The maximum absolute atomic E-state index is 12.1. The second-order valence-corrected chi connectivity index (χ2v) is 2.99. The summed E-state index contributed by atoms with van der Waals surface area (Å²) in [6, 6.07) is 0. The van der Waals surface area contributed by atoms with Crippen molar-refractivity contribution in [2.45, 2.75) is 19.6 Å². The van der Waals surface area contributed by atoms with Gasteiger partial charge in [-0.3, -0.25) is 0 Å². The molecule has 3 nitrogen and oxygen atoms in total. The van der Waals surface area contributed by atoms with E-state index in [9.17, 15) is 17.6 Å². The summed E-state index contributed by atoms with van der Waals surface area (Å²) < 4.78 is 52.4. The van der Waals surface area contributed by atoms with E-state index in [4.69, 9.17) is 11.6 Å². The summed E-state index contributed by atoms with van der Waals surface area (Å²) >= 11 is 5.52. The minimum Gasteiger partial charge on any atom is -0.369 e. The molecule has 0 saturated heterocycles. The Morgan fingerprint density at radius 2 is 2.07 bits per heavy atom. The molecule has 0 aliphatic carbocycles. The highest BCUT2D eigenvalue weighted by Gasteiger charge is 2.13. The van der Waals surface area contributed by atoms with Crippen molar-refractivity contribution in [3.8, 4) is 0 Å². The van der Waals surface area contributed by atoms with Gasteiger partial charge in [0.15, 0.2) is 0 Å². The van der Waals surface area contributed by atoms with Crippen molar-refractivity contribution < 1.29 is 22.3 Å². The number of alkyl halides is 4. The van der Waals surface area contributed by atoms with E-state index in [1.165, 1.54) is 0 Å². The monoisotopic (exact) mass is 246 g/mol. The highest BCUT2D eigenvalue weighted by molar-refractivity contribution is 6.31. The second-order valence-electron chi connectivity index (χ2n) is 2.59. The Kier molecular flexibility index (Phi) is 4.34. The SMILES string of the molecule is FC(F)COCc1nn(C(F)F)cc1Cl. The first-order valence-corrected chi connectivity index (χ1v) is 4.26. The molecule has 0 atom stereocenters. The first-order chi connectivity index (χ1) is 7.00. The van der Waals surface area contributed by atoms with Gasteiger partial charge in [0.1, 0.15) is 12.3 Å². The van der Waals surface area contributed by atoms with E-state index in [1.807, 2.05) is 0 Å². The third-order valence-corrected chi connectivity index (χ3v) is 1.76. The quantitative estimate of drug-likeness (QED) is 0.747. The van der Waals surface area contributed by atoms with Crippen LogP contribution in [-0.4, -0.2) is 22.8 Å². The summed E-state index contributed by atoms with van der Waals surface area (Å²) in [5, 5.41) is 3.33. The first-order valence-electron chi connectivity index (χ1n) is 3.88. The van der Waals surface area contributed by atoms with Gasteiger partial charge < -0.3 is 4.74 Å². The Morgan fingerprint density at radius 1 is 1.40 bits per heavy atom. The molecule has 8 heteroatoms. The number of aromatic nitrogens is 2. The maximum Gasteiger partial charge on any atom is 0.333 e. The number of halogens is 5. The van der Waals surface area contributed by atoms with Crippen molar-refractivity contribution in [1.82, 2.24) is 9.78 Å². The van der Waals surface area contributed by atoms with Gasteiger partial charge in [0.05, 0.1) is 11.6 Å². The summed E-state index contributed by atoms with van der Waals surface area (Å²) in [5.41, 5.74) is 0.0117. The van der Waals surface area contributed by atoms with Crippen LogP contribution in [-0.2, 0) is 11.3 Å². The highest BCUT2D eigenvalue weighted by atomic mass is 35.5. The van der Waals surface area contributed by atoms with E-state index in [1.54, 1.807) is 0 Å². The molecule has 0 saturated carbocycles. The fourth-order valence-corrected chi connectivity index (χ4v) is 1.04. The molecule has 0 unspecified atom stereocenters. The van der Waals surface area contributed by atoms with Crippen LogP contribution in [0.3, 0.4) is 0 Å². The van der Waals surface area contributed by atoms with Gasteiger partial charge in [-0.05, 0) is 0 Å². The topological polar surface area (TPSA) is 27.1 Å². The Morgan fingerprint density at radius 3 is 2.53 bits per heavy atom. The van der Waals surface area contributed by atoms with Crippen LogP contribution in [0.25, 0.3) is 0 Å². The average molecular weight is 247 g/mol. The van der Waals surface area contributed by atoms with Crippen LogP contribution in [0.1, 0.15) is 12.2 Å². The van der Waals surface area contributed by atoms with Gasteiger partial charge in [0.2, 0.25) is 0 Å². The van der Waals surface area contributed by atoms with Crippen molar-refractivity contribution in [2.24, 2.45) is 0 Å². The first kappa shape index (κ1) is 12.3. The van der Waals surface area contributed by atoms with Crippen LogP contribution < -0.4 is 0 Å². The lowest BCUT2D eigenvalue weighted by Gasteiger charge is -2.00. The molecule has 1 aromatic rings. The number of hydrogen-bond donors (Lipinski definition) is 0. The Balaban J connectivity index is 2.53. The minimum atomic E-state index is -2.81. The molecule has 0 N–H and O–H groups in total. The van der Waals surface area contributed by atoms with Crippen LogP contribution in [0.2, 0.25) is 5.02 Å². The Labute approximate surface area is 87.6 Å². The molecule has 1 aromatic heterocycles. The lowest BCUT2D eigenvalue weighted by Crippen LogP contribution is -2.05. The number of hydrogen-bond acceptors (Lipinski definition) is 2. The van der Waals surface area contributed by atoms with Gasteiger partial charge in [-0.2, -0.15) is 13.9 Å². The molecule has 0 amide bonds. The lowest BCUT2D eigenvalue weighted by atomic mass is 10.5. The third-order valence-electron chi connectivity index (χ3n) is 1.44. The van der Waals surface area contributed by atoms with Gasteiger partial charge >= 0.3 is 6.55 Å². The smallest absolute Gasteiger partial charge is 0.333 e. The molecule has 0 aliphatic rings. The zero-order chi connectivity index (χ0) is 11.4. The van der Waals surface area contributed by atoms with Gasteiger partial charge in [-0.1, -0.05) is 11.6 Å². The molecule has 1 rings (SSSR count). The van der Waals surface area contributed by atoms with Crippen LogP contribution in [0.5, 0.6) is 0 Å². The van der Waals surface area contributed by atoms with E-state index in [-0.39, 0.29) is 17.3 Å². The fourth-order valence-electron chi connectivity index (χ4n) is 0.849. The Bertz CT molecular complexity index is 318. The summed E-state index contributed by atoms with van der Waals surface area (Å²) in [5.74, 6) is 0. The molecule has 86 valence electrons. The average Bonchev–Trinajstić information content (AvgIpc) is 2.47. The molecule has 0 spiro atoms. The van der Waals surface area contributed by atoms with E-state index in [2.05, 4.69) is 9.84 Å². The summed E-state index contributed by atoms with van der Waals surface area (Å²) in [6.07, 6.45) is -1.70. The summed E-state index contributed by atoms with van der Waals surface area (Å²) in [7, 11) is 0. The fraction of sp³-hybridized carbons (Fsp3) is 0.571. The van der Waals surface area contributed by atoms with Crippen LogP contribution >= 0.6 is 11.6 Å². The van der Waals surface area contributed by atoms with E-state index in [0.29, 0.717) is 4.68 Å². The van der Waals surface area contributed by atoms with Gasteiger partial charge in [0.25, 0.3) is 6.43 Å². The number of rotatable bonds is 5. The Hall–Kier alpha value is -0.820. The molecule has 0 fully saturated rings. The van der Waals surface area contributed by atoms with Gasteiger partial charge in [0, 0.05) is 6.20 Å². The van der Waals surface area contributed by atoms with Crippen molar-refractivity contribution in [3.05, 3.63) is 16.9 Å². The van der Waals surface area contributed by atoms with E-state index in [0.717, 1.165) is 6.20 Å². The van der Waals surface area contributed by atoms with Crippen LogP contribution in [0, 0.1) is 0 Å². The number of nitrogens with zero attached hydrogens (tertiary/aromatic N) is 2. The summed E-state index contributed by atoms with van der Waals surface area (Å²) in [4.78, 5) is 0. The molecule has 15 heavy (non-hydrogen) atoms. The van der Waals surface area contributed by atoms with E-state index >= 15 is 0 Å². The molecular formula is C7H7ClF4N2O. The molecule has 0 aliphatic heterocycles. The maximum atomic E-state index is 12.1. The van der Waals surface area contributed by atoms with Crippen molar-refractivity contribution in [1.29, 1.82) is 0 Å². The largest absolute Gasteiger partial charge is 0.369 e. The highest BCUT2D eigenvalue weighted by Crippen LogP contribution is 2.19. The molecule has 1 heterocycles. The van der Waals surface area contributed by atoms with Gasteiger partial charge in [-0.15, -0.1) is 0 Å².